The molecule has 0 saturated heterocycles. The number of fused-ring (bicyclic) bond motifs is 3. The van der Waals surface area contributed by atoms with Gasteiger partial charge in [-0.2, -0.15) is 5.10 Å². The molecule has 0 N–H and O–H groups in total. The van der Waals surface area contributed by atoms with E-state index in [-0.39, 0.29) is 11.6 Å². The number of nitrogens with zero attached hydrogens (tertiary/aromatic N) is 4. The lowest BCUT2D eigenvalue weighted by Gasteiger charge is -2.37. The van der Waals surface area contributed by atoms with E-state index < -0.39 is 11.1 Å². The molecule has 1 aliphatic rings. The standard InChI is InChI=1S/C18H13ClN4O3/c1-11(24)21-15-5-3-2-4-14(15)17-16(23(25)26)10-20-22(17)18(21)12-6-8-13(19)9-7-12/h2-10,18H,1H3. The quantitative estimate of drug-likeness (QED) is 0.505. The highest BCUT2D eigenvalue weighted by molar-refractivity contribution is 6.30. The van der Waals surface area contributed by atoms with Crippen LogP contribution in [0.15, 0.2) is 54.7 Å². The fraction of sp³-hybridized carbons (Fsp3) is 0.111. The van der Waals surface area contributed by atoms with Crippen LogP contribution in [0.2, 0.25) is 5.02 Å². The molecule has 0 saturated carbocycles. The molecular formula is C18H13ClN4O3. The predicted octanol–water partition coefficient (Wildman–Crippen LogP) is 4.03. The minimum absolute atomic E-state index is 0.0976. The SMILES string of the molecule is CC(=O)N1c2ccccc2-c2c([N+](=O)[O-])cnn2C1c1ccc(Cl)cc1. The summed E-state index contributed by atoms with van der Waals surface area (Å²) >= 11 is 5.98. The van der Waals surface area contributed by atoms with Crippen LogP contribution in [0, 0.1) is 10.1 Å². The van der Waals surface area contributed by atoms with E-state index in [1.165, 1.54) is 17.8 Å². The number of benzene rings is 2. The van der Waals surface area contributed by atoms with E-state index >= 15 is 0 Å². The number of para-hydroxylation sites is 1. The van der Waals surface area contributed by atoms with Crippen LogP contribution in [0.3, 0.4) is 0 Å². The van der Waals surface area contributed by atoms with Gasteiger partial charge in [-0.05, 0) is 23.8 Å². The third kappa shape index (κ3) is 2.36. The summed E-state index contributed by atoms with van der Waals surface area (Å²) in [6, 6.07) is 14.1. The third-order valence-electron chi connectivity index (χ3n) is 4.38. The van der Waals surface area contributed by atoms with E-state index in [0.29, 0.717) is 22.0 Å². The number of carbonyl (C=O) groups excluding carboxylic acids is 1. The Labute approximate surface area is 153 Å². The van der Waals surface area contributed by atoms with E-state index in [0.717, 1.165) is 5.56 Å². The molecule has 2 heterocycles. The number of halogens is 1. The number of rotatable bonds is 2. The number of nitro groups is 1. The molecule has 0 fully saturated rings. The van der Waals surface area contributed by atoms with E-state index in [1.807, 2.05) is 0 Å². The van der Waals surface area contributed by atoms with Gasteiger partial charge in [0.05, 0.1) is 10.6 Å². The molecule has 7 nitrogen and oxygen atoms in total. The van der Waals surface area contributed by atoms with Gasteiger partial charge in [0, 0.05) is 17.5 Å². The predicted molar refractivity (Wildman–Crippen MR) is 97.1 cm³/mol. The Morgan fingerprint density at radius 2 is 1.88 bits per heavy atom. The summed E-state index contributed by atoms with van der Waals surface area (Å²) in [4.78, 5) is 25.1. The van der Waals surface area contributed by atoms with Crippen LogP contribution >= 0.6 is 11.6 Å². The fourth-order valence-corrected chi connectivity index (χ4v) is 3.45. The summed E-state index contributed by atoms with van der Waals surface area (Å²) in [6.45, 7) is 1.46. The Kier molecular flexibility index (Phi) is 3.73. The van der Waals surface area contributed by atoms with E-state index in [9.17, 15) is 14.9 Å². The summed E-state index contributed by atoms with van der Waals surface area (Å²) in [6.07, 6.45) is 0.585. The van der Waals surface area contributed by atoms with Crippen molar-refractivity contribution in [1.29, 1.82) is 0 Å². The monoisotopic (exact) mass is 368 g/mol. The zero-order valence-electron chi connectivity index (χ0n) is 13.7. The summed E-state index contributed by atoms with van der Waals surface area (Å²) < 4.78 is 1.52. The third-order valence-corrected chi connectivity index (χ3v) is 4.63. The topological polar surface area (TPSA) is 81.3 Å². The summed E-state index contributed by atoms with van der Waals surface area (Å²) in [5, 5.41) is 16.3. The van der Waals surface area contributed by atoms with Crippen LogP contribution in [0.5, 0.6) is 0 Å². The van der Waals surface area contributed by atoms with Gasteiger partial charge in [0.1, 0.15) is 6.20 Å². The molecule has 8 heteroatoms. The Morgan fingerprint density at radius 1 is 1.19 bits per heavy atom. The first-order chi connectivity index (χ1) is 12.5. The van der Waals surface area contributed by atoms with Gasteiger partial charge in [-0.1, -0.05) is 41.9 Å². The second-order valence-corrected chi connectivity index (χ2v) is 6.35. The van der Waals surface area contributed by atoms with Gasteiger partial charge in [0.25, 0.3) is 0 Å². The van der Waals surface area contributed by atoms with Crippen molar-refractivity contribution in [3.63, 3.8) is 0 Å². The molecule has 0 aliphatic carbocycles. The molecule has 1 unspecified atom stereocenters. The van der Waals surface area contributed by atoms with Crippen molar-refractivity contribution < 1.29 is 9.72 Å². The number of amides is 1. The van der Waals surface area contributed by atoms with E-state index in [1.54, 1.807) is 53.4 Å². The van der Waals surface area contributed by atoms with Crippen molar-refractivity contribution in [3.8, 4) is 11.3 Å². The maximum absolute atomic E-state index is 12.5. The minimum atomic E-state index is -0.636. The molecule has 1 atom stereocenters. The second kappa shape index (κ2) is 5.96. The minimum Gasteiger partial charge on any atom is -0.285 e. The van der Waals surface area contributed by atoms with Crippen molar-refractivity contribution in [2.24, 2.45) is 0 Å². The smallest absolute Gasteiger partial charge is 0.285 e. The fourth-order valence-electron chi connectivity index (χ4n) is 3.33. The molecule has 0 bridgehead atoms. The zero-order valence-corrected chi connectivity index (χ0v) is 14.4. The lowest BCUT2D eigenvalue weighted by Crippen LogP contribution is -2.40. The Bertz CT molecular complexity index is 1030. The average molecular weight is 369 g/mol. The van der Waals surface area contributed by atoms with Crippen molar-refractivity contribution in [2.75, 3.05) is 4.90 Å². The number of hydrogen-bond acceptors (Lipinski definition) is 4. The molecule has 1 aromatic heterocycles. The number of hydrogen-bond donors (Lipinski definition) is 0. The molecule has 0 spiro atoms. The van der Waals surface area contributed by atoms with Gasteiger partial charge in [0.15, 0.2) is 11.9 Å². The molecule has 4 rings (SSSR count). The van der Waals surface area contributed by atoms with Crippen molar-refractivity contribution in [1.82, 2.24) is 9.78 Å². The Morgan fingerprint density at radius 3 is 2.54 bits per heavy atom. The van der Waals surface area contributed by atoms with Gasteiger partial charge in [-0.15, -0.1) is 0 Å². The first kappa shape index (κ1) is 16.3. The van der Waals surface area contributed by atoms with Gasteiger partial charge in [-0.25, -0.2) is 4.68 Å². The van der Waals surface area contributed by atoms with Crippen molar-refractivity contribution in [2.45, 2.75) is 13.1 Å². The first-order valence-electron chi connectivity index (χ1n) is 7.85. The number of carbonyl (C=O) groups is 1. The van der Waals surface area contributed by atoms with Crippen LogP contribution in [0.25, 0.3) is 11.3 Å². The molecule has 2 aromatic carbocycles. The van der Waals surface area contributed by atoms with Gasteiger partial charge in [0.2, 0.25) is 5.91 Å². The lowest BCUT2D eigenvalue weighted by molar-refractivity contribution is -0.384. The number of aromatic nitrogens is 2. The zero-order chi connectivity index (χ0) is 18.4. The maximum atomic E-state index is 12.5. The normalized spacial score (nSPS) is 15.3. The molecule has 3 aromatic rings. The molecule has 0 radical (unpaired) electrons. The van der Waals surface area contributed by atoms with E-state index in [2.05, 4.69) is 5.10 Å². The van der Waals surface area contributed by atoms with Crippen LogP contribution in [-0.2, 0) is 4.79 Å². The molecular weight excluding hydrogens is 356 g/mol. The van der Waals surface area contributed by atoms with Crippen LogP contribution in [-0.4, -0.2) is 20.6 Å². The molecule has 26 heavy (non-hydrogen) atoms. The van der Waals surface area contributed by atoms with Crippen LogP contribution in [0.1, 0.15) is 18.7 Å². The summed E-state index contributed by atoms with van der Waals surface area (Å²) in [7, 11) is 0. The van der Waals surface area contributed by atoms with Gasteiger partial charge in [-0.3, -0.25) is 19.8 Å². The van der Waals surface area contributed by atoms with Crippen molar-refractivity contribution >= 4 is 28.9 Å². The van der Waals surface area contributed by atoms with E-state index in [4.69, 9.17) is 11.6 Å². The van der Waals surface area contributed by atoms with Crippen LogP contribution < -0.4 is 4.90 Å². The Hall–Kier alpha value is -3.19. The Balaban J connectivity index is 2.04. The largest absolute Gasteiger partial charge is 0.315 e. The summed E-state index contributed by atoms with van der Waals surface area (Å²) in [5.74, 6) is -0.193. The first-order valence-corrected chi connectivity index (χ1v) is 8.23. The summed E-state index contributed by atoms with van der Waals surface area (Å²) in [5.41, 5.74) is 2.23. The second-order valence-electron chi connectivity index (χ2n) is 5.91. The molecule has 130 valence electrons. The highest BCUT2D eigenvalue weighted by Crippen LogP contribution is 2.46. The number of anilines is 1. The maximum Gasteiger partial charge on any atom is 0.315 e. The average Bonchev–Trinajstić information content (AvgIpc) is 3.06. The highest BCUT2D eigenvalue weighted by atomic mass is 35.5. The lowest BCUT2D eigenvalue weighted by atomic mass is 10.0. The van der Waals surface area contributed by atoms with Gasteiger partial charge >= 0.3 is 5.69 Å². The molecule has 1 aliphatic heterocycles. The van der Waals surface area contributed by atoms with Crippen molar-refractivity contribution in [3.05, 3.63) is 75.4 Å². The molecule has 1 amide bonds. The van der Waals surface area contributed by atoms with Crippen LogP contribution in [0.4, 0.5) is 11.4 Å². The highest BCUT2D eigenvalue weighted by Gasteiger charge is 2.39. The van der Waals surface area contributed by atoms with Gasteiger partial charge < -0.3 is 0 Å².